The summed E-state index contributed by atoms with van der Waals surface area (Å²) in [6.07, 6.45) is 0.668. The molecular weight excluding hydrogens is 334 g/mol. The van der Waals surface area contributed by atoms with Gasteiger partial charge in [0.25, 0.3) is 0 Å². The van der Waals surface area contributed by atoms with Crippen molar-refractivity contribution in [2.75, 3.05) is 5.43 Å². The summed E-state index contributed by atoms with van der Waals surface area (Å²) in [5.41, 5.74) is 4.91. The molecule has 2 aromatic carbocycles. The minimum Gasteiger partial charge on any atom is -0.275 e. The predicted molar refractivity (Wildman–Crippen MR) is 88.3 cm³/mol. The summed E-state index contributed by atoms with van der Waals surface area (Å²) in [7, 11) is 0. The van der Waals surface area contributed by atoms with Gasteiger partial charge in [0.2, 0.25) is 0 Å². The quantitative estimate of drug-likeness (QED) is 0.532. The zero-order chi connectivity index (χ0) is 15.4. The van der Waals surface area contributed by atoms with Crippen LogP contribution in [0.3, 0.4) is 0 Å². The van der Waals surface area contributed by atoms with Crippen LogP contribution in [0.5, 0.6) is 0 Å². The van der Waals surface area contributed by atoms with Crippen LogP contribution >= 0.6 is 34.8 Å². The molecule has 0 saturated carbocycles. The fourth-order valence-electron chi connectivity index (χ4n) is 1.76. The number of hydrogen-bond acceptors (Lipinski definition) is 2. The largest absolute Gasteiger partial charge is 0.275 e. The lowest BCUT2D eigenvalue weighted by molar-refractivity contribution is 0.627. The van der Waals surface area contributed by atoms with Gasteiger partial charge in [0.1, 0.15) is 5.82 Å². The molecule has 0 amide bonds. The first-order chi connectivity index (χ1) is 10.0. The molecule has 2 aromatic rings. The molecule has 0 aliphatic carbocycles. The van der Waals surface area contributed by atoms with E-state index in [-0.39, 0.29) is 5.82 Å². The summed E-state index contributed by atoms with van der Waals surface area (Å²) >= 11 is 18.0. The van der Waals surface area contributed by atoms with Crippen LogP contribution in [-0.2, 0) is 0 Å². The Morgan fingerprint density at radius 3 is 2.19 bits per heavy atom. The molecule has 0 atom stereocenters. The number of hydrazone groups is 1. The van der Waals surface area contributed by atoms with E-state index in [0.717, 1.165) is 11.3 Å². The Kier molecular flexibility index (Phi) is 5.45. The maximum atomic E-state index is 12.9. The van der Waals surface area contributed by atoms with Gasteiger partial charge in [-0.1, -0.05) is 53.9 Å². The third-order valence-corrected chi connectivity index (χ3v) is 3.64. The number of hydrogen-bond donors (Lipinski definition) is 1. The number of nitrogens with zero attached hydrogens (tertiary/aromatic N) is 1. The topological polar surface area (TPSA) is 24.4 Å². The van der Waals surface area contributed by atoms with Gasteiger partial charge in [-0.05, 0) is 36.2 Å². The SMILES string of the molecule is CC/C(=N/Nc1c(Cl)cc(Cl)cc1Cl)c1ccc(F)cc1. The molecule has 110 valence electrons. The standard InChI is InChI=1S/C15H12Cl3FN2/c1-2-14(9-3-5-11(19)6-4-9)20-21-15-12(17)7-10(16)8-13(15)18/h3-8,21H,2H2,1H3/b20-14-. The van der Waals surface area contributed by atoms with Crippen molar-refractivity contribution in [3.8, 4) is 0 Å². The zero-order valence-electron chi connectivity index (χ0n) is 11.1. The number of halogens is 4. The second kappa shape index (κ2) is 7.12. The molecule has 0 aliphatic heterocycles. The summed E-state index contributed by atoms with van der Waals surface area (Å²) in [6, 6.07) is 9.28. The van der Waals surface area contributed by atoms with Gasteiger partial charge in [-0.25, -0.2) is 4.39 Å². The highest BCUT2D eigenvalue weighted by atomic mass is 35.5. The van der Waals surface area contributed by atoms with Gasteiger partial charge in [-0.15, -0.1) is 0 Å². The van der Waals surface area contributed by atoms with Crippen LogP contribution in [0.15, 0.2) is 41.5 Å². The van der Waals surface area contributed by atoms with Crippen LogP contribution in [-0.4, -0.2) is 5.71 Å². The molecule has 0 aliphatic rings. The average molecular weight is 346 g/mol. The highest BCUT2D eigenvalue weighted by Crippen LogP contribution is 2.33. The van der Waals surface area contributed by atoms with E-state index in [1.54, 1.807) is 24.3 Å². The van der Waals surface area contributed by atoms with Gasteiger partial charge < -0.3 is 0 Å². The predicted octanol–water partition coefficient (Wildman–Crippen LogP) is 6.01. The Hall–Kier alpha value is -1.29. The number of nitrogens with one attached hydrogen (secondary N) is 1. The Morgan fingerprint density at radius 2 is 1.67 bits per heavy atom. The smallest absolute Gasteiger partial charge is 0.123 e. The monoisotopic (exact) mass is 344 g/mol. The van der Waals surface area contributed by atoms with Crippen molar-refractivity contribution in [2.45, 2.75) is 13.3 Å². The summed E-state index contributed by atoms with van der Waals surface area (Å²) < 4.78 is 12.9. The van der Waals surface area contributed by atoms with Crippen LogP contribution in [0.2, 0.25) is 15.1 Å². The molecular formula is C15H12Cl3FN2. The molecule has 21 heavy (non-hydrogen) atoms. The van der Waals surface area contributed by atoms with E-state index < -0.39 is 0 Å². The van der Waals surface area contributed by atoms with Crippen LogP contribution < -0.4 is 5.43 Å². The Morgan fingerprint density at radius 1 is 1.10 bits per heavy atom. The Bertz CT molecular complexity index is 646. The number of benzene rings is 2. The molecule has 0 aromatic heterocycles. The van der Waals surface area contributed by atoms with Crippen molar-refractivity contribution >= 4 is 46.2 Å². The van der Waals surface area contributed by atoms with E-state index in [1.165, 1.54) is 12.1 Å². The van der Waals surface area contributed by atoms with Crippen molar-refractivity contribution in [1.29, 1.82) is 0 Å². The lowest BCUT2D eigenvalue weighted by atomic mass is 10.1. The van der Waals surface area contributed by atoms with E-state index in [9.17, 15) is 4.39 Å². The highest BCUT2D eigenvalue weighted by Gasteiger charge is 2.08. The van der Waals surface area contributed by atoms with Gasteiger partial charge in [0, 0.05) is 5.02 Å². The van der Waals surface area contributed by atoms with Crippen molar-refractivity contribution in [3.05, 3.63) is 62.8 Å². The molecule has 0 heterocycles. The van der Waals surface area contributed by atoms with Crippen LogP contribution in [0.25, 0.3) is 0 Å². The van der Waals surface area contributed by atoms with E-state index in [0.29, 0.717) is 27.2 Å². The third-order valence-electron chi connectivity index (χ3n) is 2.82. The van der Waals surface area contributed by atoms with Gasteiger partial charge in [-0.3, -0.25) is 5.43 Å². The van der Waals surface area contributed by atoms with E-state index in [2.05, 4.69) is 10.5 Å². The number of rotatable bonds is 4. The Labute approximate surface area is 137 Å². The van der Waals surface area contributed by atoms with Crippen LogP contribution in [0.4, 0.5) is 10.1 Å². The van der Waals surface area contributed by atoms with Gasteiger partial charge in [-0.2, -0.15) is 5.10 Å². The first-order valence-electron chi connectivity index (χ1n) is 6.24. The summed E-state index contributed by atoms with van der Waals surface area (Å²) in [5, 5.41) is 5.51. The van der Waals surface area contributed by atoms with Gasteiger partial charge >= 0.3 is 0 Å². The molecule has 0 fully saturated rings. The van der Waals surface area contributed by atoms with Crippen molar-refractivity contribution in [3.63, 3.8) is 0 Å². The summed E-state index contributed by atoms with van der Waals surface area (Å²) in [4.78, 5) is 0. The molecule has 2 rings (SSSR count). The van der Waals surface area contributed by atoms with Gasteiger partial charge in [0.15, 0.2) is 0 Å². The lowest BCUT2D eigenvalue weighted by Crippen LogP contribution is -2.03. The first kappa shape index (κ1) is 16.1. The molecule has 0 saturated heterocycles. The zero-order valence-corrected chi connectivity index (χ0v) is 13.4. The minimum atomic E-state index is -0.286. The van der Waals surface area contributed by atoms with Crippen molar-refractivity contribution < 1.29 is 4.39 Å². The minimum absolute atomic E-state index is 0.286. The van der Waals surface area contributed by atoms with E-state index >= 15 is 0 Å². The maximum absolute atomic E-state index is 12.9. The third kappa shape index (κ3) is 4.10. The molecule has 0 radical (unpaired) electrons. The fraction of sp³-hybridized carbons (Fsp3) is 0.133. The first-order valence-corrected chi connectivity index (χ1v) is 7.37. The van der Waals surface area contributed by atoms with Crippen molar-refractivity contribution in [2.24, 2.45) is 5.10 Å². The van der Waals surface area contributed by atoms with E-state index in [1.807, 2.05) is 6.92 Å². The second-order valence-electron chi connectivity index (χ2n) is 4.28. The molecule has 6 heteroatoms. The second-order valence-corrected chi connectivity index (χ2v) is 5.53. The maximum Gasteiger partial charge on any atom is 0.123 e. The van der Waals surface area contributed by atoms with E-state index in [4.69, 9.17) is 34.8 Å². The normalized spacial score (nSPS) is 11.6. The lowest BCUT2D eigenvalue weighted by Gasteiger charge is -2.09. The molecule has 0 bridgehead atoms. The molecule has 1 N–H and O–H groups in total. The van der Waals surface area contributed by atoms with Crippen LogP contribution in [0, 0.1) is 5.82 Å². The summed E-state index contributed by atoms with van der Waals surface area (Å²) in [5.74, 6) is -0.286. The van der Waals surface area contributed by atoms with Crippen molar-refractivity contribution in [1.82, 2.24) is 0 Å². The Balaban J connectivity index is 2.28. The fourth-order valence-corrected chi connectivity index (χ4v) is 2.66. The molecule has 0 unspecified atom stereocenters. The van der Waals surface area contributed by atoms with Gasteiger partial charge in [0.05, 0.1) is 21.4 Å². The van der Waals surface area contributed by atoms with Crippen LogP contribution in [0.1, 0.15) is 18.9 Å². The average Bonchev–Trinajstić information content (AvgIpc) is 2.43. The number of anilines is 1. The highest BCUT2D eigenvalue weighted by molar-refractivity contribution is 6.41. The summed E-state index contributed by atoms with van der Waals surface area (Å²) in [6.45, 7) is 1.95. The molecule has 2 nitrogen and oxygen atoms in total. The molecule has 0 spiro atoms.